The van der Waals surface area contributed by atoms with Gasteiger partial charge in [0.25, 0.3) is 0 Å². The second kappa shape index (κ2) is 5.69. The van der Waals surface area contributed by atoms with Crippen molar-refractivity contribution in [2.45, 2.75) is 19.8 Å². The molecule has 0 bridgehead atoms. The fourth-order valence-electron chi connectivity index (χ4n) is 2.19. The first-order chi connectivity index (χ1) is 9.09. The number of anilines is 1. The number of ketones is 1. The van der Waals surface area contributed by atoms with E-state index in [1.807, 2.05) is 24.3 Å². The Hall–Kier alpha value is -2.10. The lowest BCUT2D eigenvalue weighted by Crippen LogP contribution is -2.24. The number of hydrogen-bond acceptors (Lipinski definition) is 3. The van der Waals surface area contributed by atoms with Crippen molar-refractivity contribution in [1.29, 1.82) is 0 Å². The van der Waals surface area contributed by atoms with Gasteiger partial charge in [-0.2, -0.15) is 0 Å². The summed E-state index contributed by atoms with van der Waals surface area (Å²) in [4.78, 5) is 24.8. The van der Waals surface area contributed by atoms with Gasteiger partial charge in [-0.3, -0.25) is 4.79 Å². The summed E-state index contributed by atoms with van der Waals surface area (Å²) in [5, 5.41) is 8.86. The molecule has 100 valence electrons. The Balaban J connectivity index is 2.26. The molecule has 0 saturated heterocycles. The lowest BCUT2D eigenvalue weighted by molar-refractivity contribution is -0.132. The average molecular weight is 259 g/mol. The highest BCUT2D eigenvalue weighted by atomic mass is 16.4. The van der Waals surface area contributed by atoms with Gasteiger partial charge in [-0.05, 0) is 25.5 Å². The number of carboxylic acid groups (broad SMARTS) is 1. The van der Waals surface area contributed by atoms with Gasteiger partial charge < -0.3 is 10.0 Å². The molecule has 0 aromatic heterocycles. The van der Waals surface area contributed by atoms with E-state index >= 15 is 0 Å². The van der Waals surface area contributed by atoms with Gasteiger partial charge in [0.2, 0.25) is 0 Å². The number of benzene rings is 1. The third kappa shape index (κ3) is 3.02. The van der Waals surface area contributed by atoms with Gasteiger partial charge >= 0.3 is 5.97 Å². The quantitative estimate of drug-likeness (QED) is 0.847. The monoisotopic (exact) mass is 259 g/mol. The summed E-state index contributed by atoms with van der Waals surface area (Å²) in [6.45, 7) is 2.87. The number of carbonyl (C=O) groups is 2. The highest BCUT2D eigenvalue weighted by Crippen LogP contribution is 2.25. The minimum Gasteiger partial charge on any atom is -0.478 e. The molecule has 4 nitrogen and oxygen atoms in total. The maximum Gasteiger partial charge on any atom is 0.331 e. The van der Waals surface area contributed by atoms with E-state index in [9.17, 15) is 9.59 Å². The maximum atomic E-state index is 12.0. The van der Waals surface area contributed by atoms with Gasteiger partial charge in [-0.15, -0.1) is 0 Å². The Kier molecular flexibility index (Phi) is 4.00. The van der Waals surface area contributed by atoms with Crippen LogP contribution in [0.1, 0.15) is 30.1 Å². The standard InChI is InChI=1S/C15H17NO3/c1-11(15(18)19)8-10-16-9-4-7-14(17)12-5-2-3-6-13(12)16/h2-3,5-6,8H,4,7,9-10H2,1H3,(H,18,19)/b11-8-. The normalized spacial score (nSPS) is 15.9. The zero-order valence-corrected chi connectivity index (χ0v) is 10.9. The SMILES string of the molecule is C/C(=C/CN1CCCC(=O)c2ccccc21)C(=O)O. The van der Waals surface area contributed by atoms with Crippen LogP contribution in [-0.4, -0.2) is 29.9 Å². The van der Waals surface area contributed by atoms with E-state index in [4.69, 9.17) is 5.11 Å². The summed E-state index contributed by atoms with van der Waals surface area (Å²) >= 11 is 0. The number of carboxylic acids is 1. The molecule has 0 amide bonds. The second-order valence-corrected chi connectivity index (χ2v) is 4.68. The molecule has 0 saturated carbocycles. The van der Waals surface area contributed by atoms with Crippen molar-refractivity contribution in [2.75, 3.05) is 18.0 Å². The molecule has 1 aliphatic heterocycles. The molecule has 1 aromatic rings. The molecule has 0 aliphatic carbocycles. The van der Waals surface area contributed by atoms with E-state index in [-0.39, 0.29) is 5.78 Å². The van der Waals surface area contributed by atoms with Crippen molar-refractivity contribution < 1.29 is 14.7 Å². The Bertz CT molecular complexity index is 534. The minimum absolute atomic E-state index is 0.164. The van der Waals surface area contributed by atoms with E-state index in [0.29, 0.717) is 18.5 Å². The van der Waals surface area contributed by atoms with Crippen molar-refractivity contribution in [3.63, 3.8) is 0 Å². The van der Waals surface area contributed by atoms with Crippen molar-refractivity contribution in [3.05, 3.63) is 41.5 Å². The molecule has 0 fully saturated rings. The number of aliphatic carboxylic acids is 1. The van der Waals surface area contributed by atoms with Crippen LogP contribution >= 0.6 is 0 Å². The predicted octanol–water partition coefficient (Wildman–Crippen LogP) is 2.50. The highest BCUT2D eigenvalue weighted by Gasteiger charge is 2.19. The lowest BCUT2D eigenvalue weighted by Gasteiger charge is -2.23. The largest absolute Gasteiger partial charge is 0.478 e. The summed E-state index contributed by atoms with van der Waals surface area (Å²) in [5.41, 5.74) is 1.97. The summed E-state index contributed by atoms with van der Waals surface area (Å²) in [5.74, 6) is -0.740. The lowest BCUT2D eigenvalue weighted by atomic mass is 10.1. The van der Waals surface area contributed by atoms with Crippen LogP contribution in [0.15, 0.2) is 35.9 Å². The molecule has 1 heterocycles. The smallest absolute Gasteiger partial charge is 0.331 e. The first-order valence-electron chi connectivity index (χ1n) is 6.37. The number of carbonyl (C=O) groups excluding carboxylic acids is 1. The van der Waals surface area contributed by atoms with Crippen molar-refractivity contribution >= 4 is 17.4 Å². The maximum absolute atomic E-state index is 12.0. The number of fused-ring (bicyclic) bond motifs is 1. The van der Waals surface area contributed by atoms with Crippen LogP contribution in [0.25, 0.3) is 0 Å². The molecule has 1 aliphatic rings. The van der Waals surface area contributed by atoms with Crippen molar-refractivity contribution in [1.82, 2.24) is 0 Å². The Morgan fingerprint density at radius 3 is 2.89 bits per heavy atom. The van der Waals surface area contributed by atoms with Crippen LogP contribution < -0.4 is 4.90 Å². The molecular formula is C15H17NO3. The van der Waals surface area contributed by atoms with Gasteiger partial charge in [0.1, 0.15) is 0 Å². The number of Topliss-reactive ketones (excluding diaryl/α,β-unsaturated/α-hetero) is 1. The summed E-state index contributed by atoms with van der Waals surface area (Å²) < 4.78 is 0. The Morgan fingerprint density at radius 1 is 1.42 bits per heavy atom. The van der Waals surface area contributed by atoms with E-state index in [1.54, 1.807) is 13.0 Å². The second-order valence-electron chi connectivity index (χ2n) is 4.68. The molecule has 0 atom stereocenters. The van der Waals surface area contributed by atoms with Crippen molar-refractivity contribution in [2.24, 2.45) is 0 Å². The summed E-state index contributed by atoms with van der Waals surface area (Å²) in [6, 6.07) is 7.52. The highest BCUT2D eigenvalue weighted by molar-refractivity contribution is 6.02. The molecule has 1 aromatic carbocycles. The zero-order chi connectivity index (χ0) is 13.8. The fourth-order valence-corrected chi connectivity index (χ4v) is 2.19. The first-order valence-corrected chi connectivity index (χ1v) is 6.37. The number of nitrogens with zero attached hydrogens (tertiary/aromatic N) is 1. The average Bonchev–Trinajstić information content (AvgIpc) is 2.56. The van der Waals surface area contributed by atoms with Gasteiger partial charge in [0.15, 0.2) is 5.78 Å². The van der Waals surface area contributed by atoms with Gasteiger partial charge in [0.05, 0.1) is 0 Å². The van der Waals surface area contributed by atoms with Crippen LogP contribution in [0, 0.1) is 0 Å². The van der Waals surface area contributed by atoms with E-state index < -0.39 is 5.97 Å². The Labute approximate surface area is 112 Å². The molecule has 0 radical (unpaired) electrons. The molecule has 2 rings (SSSR count). The van der Waals surface area contributed by atoms with Crippen molar-refractivity contribution in [3.8, 4) is 0 Å². The first kappa shape index (κ1) is 13.3. The summed E-state index contributed by atoms with van der Waals surface area (Å²) in [6.07, 6.45) is 3.04. The minimum atomic E-state index is -0.904. The van der Waals surface area contributed by atoms with Crippen LogP contribution in [-0.2, 0) is 4.79 Å². The van der Waals surface area contributed by atoms with Gasteiger partial charge in [-0.1, -0.05) is 18.2 Å². The number of para-hydroxylation sites is 1. The van der Waals surface area contributed by atoms with E-state index in [2.05, 4.69) is 4.90 Å². The topological polar surface area (TPSA) is 57.6 Å². The van der Waals surface area contributed by atoms with E-state index in [0.717, 1.165) is 24.2 Å². The predicted molar refractivity (Wildman–Crippen MR) is 73.6 cm³/mol. The fraction of sp³-hybridized carbons (Fsp3) is 0.333. The van der Waals surface area contributed by atoms with Gasteiger partial charge in [-0.25, -0.2) is 4.79 Å². The number of hydrogen-bond donors (Lipinski definition) is 1. The molecule has 0 spiro atoms. The van der Waals surface area contributed by atoms with Gasteiger partial charge in [0, 0.05) is 36.3 Å². The molecule has 1 N–H and O–H groups in total. The van der Waals surface area contributed by atoms with Crippen LogP contribution in [0.4, 0.5) is 5.69 Å². The molecule has 19 heavy (non-hydrogen) atoms. The molecule has 4 heteroatoms. The number of rotatable bonds is 3. The van der Waals surface area contributed by atoms with E-state index in [1.165, 1.54) is 0 Å². The summed E-state index contributed by atoms with van der Waals surface area (Å²) in [7, 11) is 0. The van der Waals surface area contributed by atoms with Crippen LogP contribution in [0.2, 0.25) is 0 Å². The third-order valence-electron chi connectivity index (χ3n) is 3.33. The zero-order valence-electron chi connectivity index (χ0n) is 10.9. The van der Waals surface area contributed by atoms with Crippen LogP contribution in [0.5, 0.6) is 0 Å². The third-order valence-corrected chi connectivity index (χ3v) is 3.33. The van der Waals surface area contributed by atoms with Crippen LogP contribution in [0.3, 0.4) is 0 Å². The molecular weight excluding hydrogens is 242 g/mol. The molecule has 0 unspecified atom stereocenters. The Morgan fingerprint density at radius 2 is 2.16 bits per heavy atom.